The molecule has 0 saturated carbocycles. The minimum absolute atomic E-state index is 0.230. The predicted molar refractivity (Wildman–Crippen MR) is 97.0 cm³/mol. The molecule has 0 unspecified atom stereocenters. The predicted octanol–water partition coefficient (Wildman–Crippen LogP) is 2.23. The quantitative estimate of drug-likeness (QED) is 0.470. The van der Waals surface area contributed by atoms with Crippen molar-refractivity contribution in [2.24, 2.45) is 0 Å². The minimum atomic E-state index is -0.546. The number of aromatic nitrogens is 4. The third-order valence-electron chi connectivity index (χ3n) is 4.26. The molecule has 144 valence electrons. The second kappa shape index (κ2) is 7.61. The van der Waals surface area contributed by atoms with Crippen LogP contribution in [0, 0.1) is 10.1 Å². The average Bonchev–Trinajstić information content (AvgIpc) is 3.16. The molecule has 1 aliphatic rings. The van der Waals surface area contributed by atoms with Gasteiger partial charge in [0.25, 0.3) is 0 Å². The molecule has 1 aliphatic heterocycles. The van der Waals surface area contributed by atoms with E-state index in [-0.39, 0.29) is 24.5 Å². The Morgan fingerprint density at radius 1 is 1.29 bits per heavy atom. The molecular formula is C18H17N5O5. The zero-order valence-corrected chi connectivity index (χ0v) is 15.0. The van der Waals surface area contributed by atoms with Gasteiger partial charge in [0.1, 0.15) is 18.9 Å². The maximum atomic E-state index is 10.8. The first-order chi connectivity index (χ1) is 13.6. The standard InChI is InChI=1S/C18H17N5O5/c1-26-17-5-3-13(7-20-17)15-4-2-12(6-19-15)10-27-14-8-22-9-16(23(24)25)21-18(22)28-11-14/h2-7,9,14H,8,10-11H2,1H3/t14-/m0/s1. The highest BCUT2D eigenvalue weighted by molar-refractivity contribution is 5.58. The van der Waals surface area contributed by atoms with Crippen LogP contribution in [0.25, 0.3) is 11.3 Å². The first kappa shape index (κ1) is 17.9. The lowest BCUT2D eigenvalue weighted by atomic mass is 10.1. The third-order valence-corrected chi connectivity index (χ3v) is 4.26. The molecule has 3 aromatic heterocycles. The Hall–Kier alpha value is -3.53. The molecule has 0 saturated heterocycles. The maximum absolute atomic E-state index is 10.8. The van der Waals surface area contributed by atoms with Crippen LogP contribution in [-0.2, 0) is 17.9 Å². The number of ether oxygens (including phenoxy) is 3. The molecule has 0 aromatic carbocycles. The molecular weight excluding hydrogens is 366 g/mol. The number of fused-ring (bicyclic) bond motifs is 1. The summed E-state index contributed by atoms with van der Waals surface area (Å²) in [5.41, 5.74) is 2.60. The van der Waals surface area contributed by atoms with E-state index in [2.05, 4.69) is 15.0 Å². The Morgan fingerprint density at radius 3 is 2.86 bits per heavy atom. The highest BCUT2D eigenvalue weighted by Gasteiger charge is 2.28. The summed E-state index contributed by atoms with van der Waals surface area (Å²) < 4.78 is 17.9. The molecule has 4 rings (SSSR count). The topological polar surface area (TPSA) is 114 Å². The van der Waals surface area contributed by atoms with Gasteiger partial charge in [-0.3, -0.25) is 9.55 Å². The van der Waals surface area contributed by atoms with Gasteiger partial charge in [-0.25, -0.2) is 4.98 Å². The molecule has 0 fully saturated rings. The number of methoxy groups -OCH3 is 1. The lowest BCUT2D eigenvalue weighted by Gasteiger charge is -2.22. The molecule has 4 heterocycles. The van der Waals surface area contributed by atoms with E-state index in [1.807, 2.05) is 18.2 Å². The molecule has 0 radical (unpaired) electrons. The van der Waals surface area contributed by atoms with E-state index in [0.717, 1.165) is 16.8 Å². The van der Waals surface area contributed by atoms with E-state index in [0.29, 0.717) is 19.0 Å². The van der Waals surface area contributed by atoms with Gasteiger partial charge in [-0.05, 0) is 22.6 Å². The zero-order chi connectivity index (χ0) is 19.5. The summed E-state index contributed by atoms with van der Waals surface area (Å²) in [7, 11) is 1.57. The normalized spacial score (nSPS) is 15.5. The van der Waals surface area contributed by atoms with Crippen molar-refractivity contribution in [1.82, 2.24) is 19.5 Å². The fourth-order valence-electron chi connectivity index (χ4n) is 2.81. The van der Waals surface area contributed by atoms with Crippen LogP contribution in [-0.4, -0.2) is 44.3 Å². The van der Waals surface area contributed by atoms with Crippen LogP contribution in [0.3, 0.4) is 0 Å². The Balaban J connectivity index is 1.35. The fourth-order valence-corrected chi connectivity index (χ4v) is 2.81. The zero-order valence-electron chi connectivity index (χ0n) is 15.0. The highest BCUT2D eigenvalue weighted by Crippen LogP contribution is 2.23. The first-order valence-electron chi connectivity index (χ1n) is 8.53. The van der Waals surface area contributed by atoms with E-state index >= 15 is 0 Å². The van der Waals surface area contributed by atoms with Gasteiger partial charge in [-0.1, -0.05) is 6.07 Å². The van der Waals surface area contributed by atoms with E-state index in [1.54, 1.807) is 30.1 Å². The SMILES string of the molecule is COc1ccc(-c2ccc(CO[C@@H]3COc4nc([N+](=O)[O-])cn4C3)cn2)cn1. The van der Waals surface area contributed by atoms with Gasteiger partial charge in [0, 0.05) is 29.0 Å². The Morgan fingerprint density at radius 2 is 2.18 bits per heavy atom. The van der Waals surface area contributed by atoms with Gasteiger partial charge in [-0.15, -0.1) is 0 Å². The van der Waals surface area contributed by atoms with Crippen LogP contribution in [0.5, 0.6) is 11.9 Å². The van der Waals surface area contributed by atoms with Gasteiger partial charge in [-0.2, -0.15) is 0 Å². The fraction of sp³-hybridized carbons (Fsp3) is 0.278. The molecule has 10 heteroatoms. The van der Waals surface area contributed by atoms with Crippen LogP contribution < -0.4 is 9.47 Å². The van der Waals surface area contributed by atoms with Gasteiger partial charge >= 0.3 is 11.8 Å². The number of rotatable bonds is 6. The molecule has 0 N–H and O–H groups in total. The van der Waals surface area contributed by atoms with Gasteiger partial charge < -0.3 is 24.3 Å². The lowest BCUT2D eigenvalue weighted by molar-refractivity contribution is -0.389. The van der Waals surface area contributed by atoms with Gasteiger partial charge in [0.15, 0.2) is 0 Å². The van der Waals surface area contributed by atoms with Crippen molar-refractivity contribution >= 4 is 5.82 Å². The maximum Gasteiger partial charge on any atom is 0.414 e. The Kier molecular flexibility index (Phi) is 4.85. The molecule has 0 amide bonds. The Bertz CT molecular complexity index is 971. The number of imidazole rings is 1. The van der Waals surface area contributed by atoms with E-state index in [9.17, 15) is 10.1 Å². The highest BCUT2D eigenvalue weighted by atomic mass is 16.6. The van der Waals surface area contributed by atoms with Gasteiger partial charge in [0.05, 0.1) is 26.0 Å². The van der Waals surface area contributed by atoms with Crippen molar-refractivity contribution in [3.05, 3.63) is 58.5 Å². The molecule has 0 aliphatic carbocycles. The molecule has 1 atom stereocenters. The molecule has 3 aromatic rings. The van der Waals surface area contributed by atoms with Crippen LogP contribution in [0.4, 0.5) is 5.82 Å². The van der Waals surface area contributed by atoms with Crippen molar-refractivity contribution < 1.29 is 19.1 Å². The number of nitro groups is 1. The number of pyridine rings is 2. The molecule has 0 spiro atoms. The van der Waals surface area contributed by atoms with Crippen molar-refractivity contribution in [1.29, 1.82) is 0 Å². The Labute approximate surface area is 159 Å². The van der Waals surface area contributed by atoms with Crippen molar-refractivity contribution in [3.8, 4) is 23.1 Å². The summed E-state index contributed by atoms with van der Waals surface area (Å²) in [5, 5.41) is 10.8. The summed E-state index contributed by atoms with van der Waals surface area (Å²) >= 11 is 0. The largest absolute Gasteiger partial charge is 0.481 e. The second-order valence-corrected chi connectivity index (χ2v) is 6.18. The van der Waals surface area contributed by atoms with E-state index < -0.39 is 4.92 Å². The van der Waals surface area contributed by atoms with Crippen LogP contribution in [0.15, 0.2) is 42.9 Å². The summed E-state index contributed by atoms with van der Waals surface area (Å²) in [5.74, 6) is 0.318. The monoisotopic (exact) mass is 383 g/mol. The van der Waals surface area contributed by atoms with Crippen molar-refractivity contribution in [3.63, 3.8) is 0 Å². The average molecular weight is 383 g/mol. The number of nitrogens with zero attached hydrogens (tertiary/aromatic N) is 5. The van der Waals surface area contributed by atoms with Crippen LogP contribution in [0.1, 0.15) is 5.56 Å². The first-order valence-corrected chi connectivity index (χ1v) is 8.53. The van der Waals surface area contributed by atoms with Crippen molar-refractivity contribution in [2.75, 3.05) is 13.7 Å². The number of hydrogen-bond acceptors (Lipinski definition) is 8. The van der Waals surface area contributed by atoms with Gasteiger partial charge in [0.2, 0.25) is 5.88 Å². The lowest BCUT2D eigenvalue weighted by Crippen LogP contribution is -2.32. The van der Waals surface area contributed by atoms with Crippen LogP contribution in [0.2, 0.25) is 0 Å². The molecule has 28 heavy (non-hydrogen) atoms. The van der Waals surface area contributed by atoms with E-state index in [4.69, 9.17) is 14.2 Å². The third kappa shape index (κ3) is 3.76. The summed E-state index contributed by atoms with van der Waals surface area (Å²) in [6.45, 7) is 1.09. The summed E-state index contributed by atoms with van der Waals surface area (Å²) in [6, 6.07) is 7.75. The van der Waals surface area contributed by atoms with E-state index in [1.165, 1.54) is 6.20 Å². The second-order valence-electron chi connectivity index (χ2n) is 6.18. The summed E-state index contributed by atoms with van der Waals surface area (Å²) in [4.78, 5) is 22.7. The molecule has 10 nitrogen and oxygen atoms in total. The molecule has 0 bridgehead atoms. The number of hydrogen-bond donors (Lipinski definition) is 0. The summed E-state index contributed by atoms with van der Waals surface area (Å²) in [6.07, 6.45) is 4.58. The van der Waals surface area contributed by atoms with Crippen LogP contribution >= 0.6 is 0 Å². The minimum Gasteiger partial charge on any atom is -0.481 e. The van der Waals surface area contributed by atoms with Crippen molar-refractivity contribution in [2.45, 2.75) is 19.3 Å². The smallest absolute Gasteiger partial charge is 0.414 e.